The standard InChI is InChI=1S/C28H32F3N7O4/c1-14-22(15(2)42-37-14)19-8-7-16-17(11-32-24(16)34-19)23-18(28(29,30)31)12-33-25(36-23)35-20-13-38(10-9-21(20)40-6)26(39)41-27(3,4)5/h7-8,11-12,20-21H,9-10,13H2,1-6H3,(H,32,34)(H,33,35,36)/t20-,21-/m1/s1. The lowest BCUT2D eigenvalue weighted by molar-refractivity contribution is -0.137. The van der Waals surface area contributed by atoms with Gasteiger partial charge in [-0.2, -0.15) is 13.2 Å². The molecule has 42 heavy (non-hydrogen) atoms. The van der Waals surface area contributed by atoms with Gasteiger partial charge in [0.15, 0.2) is 0 Å². The summed E-state index contributed by atoms with van der Waals surface area (Å²) in [7, 11) is 1.54. The van der Waals surface area contributed by atoms with Crippen molar-refractivity contribution in [1.82, 2.24) is 30.0 Å². The second kappa shape index (κ2) is 10.9. The van der Waals surface area contributed by atoms with Gasteiger partial charge in [-0.3, -0.25) is 0 Å². The van der Waals surface area contributed by atoms with E-state index in [0.717, 1.165) is 11.8 Å². The number of aromatic nitrogens is 5. The van der Waals surface area contributed by atoms with Crippen LogP contribution in [0.2, 0.25) is 0 Å². The number of halogens is 3. The van der Waals surface area contributed by atoms with Crippen molar-refractivity contribution in [2.75, 3.05) is 25.5 Å². The Morgan fingerprint density at radius 3 is 2.60 bits per heavy atom. The van der Waals surface area contributed by atoms with Gasteiger partial charge in [-0.05, 0) is 53.2 Å². The molecule has 0 aliphatic carbocycles. The molecular formula is C28H32F3N7O4. The largest absolute Gasteiger partial charge is 0.444 e. The molecule has 0 unspecified atom stereocenters. The Hall–Kier alpha value is -4.20. The maximum atomic E-state index is 14.1. The number of nitrogens with zero attached hydrogens (tertiary/aromatic N) is 5. The van der Waals surface area contributed by atoms with Gasteiger partial charge >= 0.3 is 12.3 Å². The summed E-state index contributed by atoms with van der Waals surface area (Å²) in [5, 5.41) is 7.49. The number of nitrogens with one attached hydrogen (secondary N) is 2. The Balaban J connectivity index is 1.49. The predicted molar refractivity (Wildman–Crippen MR) is 148 cm³/mol. The molecule has 2 atom stereocenters. The van der Waals surface area contributed by atoms with Crippen LogP contribution in [0.5, 0.6) is 0 Å². The van der Waals surface area contributed by atoms with Crippen molar-refractivity contribution in [1.29, 1.82) is 0 Å². The lowest BCUT2D eigenvalue weighted by atomic mass is 10.0. The number of pyridine rings is 1. The fourth-order valence-corrected chi connectivity index (χ4v) is 5.06. The highest BCUT2D eigenvalue weighted by atomic mass is 19.4. The quantitative estimate of drug-likeness (QED) is 0.300. The van der Waals surface area contributed by atoms with Crippen molar-refractivity contribution in [3.63, 3.8) is 0 Å². The van der Waals surface area contributed by atoms with Crippen LogP contribution in [0, 0.1) is 13.8 Å². The van der Waals surface area contributed by atoms with Gasteiger partial charge in [0, 0.05) is 43.5 Å². The van der Waals surface area contributed by atoms with E-state index in [1.807, 2.05) is 0 Å². The second-order valence-corrected chi connectivity index (χ2v) is 11.2. The average Bonchev–Trinajstić information content (AvgIpc) is 3.48. The Morgan fingerprint density at radius 1 is 1.19 bits per heavy atom. The summed E-state index contributed by atoms with van der Waals surface area (Å²) in [6, 6.07) is 2.89. The second-order valence-electron chi connectivity index (χ2n) is 11.2. The summed E-state index contributed by atoms with van der Waals surface area (Å²) in [4.78, 5) is 30.1. The highest BCUT2D eigenvalue weighted by molar-refractivity contribution is 5.94. The zero-order chi connectivity index (χ0) is 30.4. The molecule has 2 N–H and O–H groups in total. The minimum Gasteiger partial charge on any atom is -0.444 e. The number of ether oxygens (including phenoxy) is 2. The minimum atomic E-state index is -4.71. The number of alkyl halides is 3. The molecule has 1 amide bonds. The lowest BCUT2D eigenvalue weighted by Crippen LogP contribution is -2.53. The molecule has 0 aromatic carbocycles. The SMILES string of the molecule is CO[C@@H]1CCN(C(=O)OC(C)(C)C)C[C@H]1Nc1ncc(C(F)(F)F)c(-c2c[nH]c3nc(-c4c(C)noc4C)ccc23)n1. The third kappa shape index (κ3) is 5.89. The molecule has 1 aliphatic heterocycles. The number of carbonyl (C=O) groups excluding carboxylic acids is 1. The molecule has 0 radical (unpaired) electrons. The first kappa shape index (κ1) is 29.3. The minimum absolute atomic E-state index is 0.0364. The van der Waals surface area contributed by atoms with Crippen molar-refractivity contribution in [2.24, 2.45) is 0 Å². The number of fused-ring (bicyclic) bond motifs is 1. The first-order chi connectivity index (χ1) is 19.7. The predicted octanol–water partition coefficient (Wildman–Crippen LogP) is 5.75. The van der Waals surface area contributed by atoms with E-state index in [2.05, 4.69) is 30.4 Å². The molecule has 1 fully saturated rings. The van der Waals surface area contributed by atoms with E-state index in [4.69, 9.17) is 14.0 Å². The summed E-state index contributed by atoms with van der Waals surface area (Å²) in [6.07, 6.45) is -2.85. The van der Waals surface area contributed by atoms with Crippen LogP contribution in [-0.4, -0.2) is 74.0 Å². The molecule has 224 valence electrons. The third-order valence-electron chi connectivity index (χ3n) is 7.00. The molecule has 5 rings (SSSR count). The first-order valence-corrected chi connectivity index (χ1v) is 13.4. The zero-order valence-electron chi connectivity index (χ0n) is 24.1. The number of piperidine rings is 1. The van der Waals surface area contributed by atoms with Crippen molar-refractivity contribution >= 4 is 23.1 Å². The number of aryl methyl sites for hydroxylation is 2. The highest BCUT2D eigenvalue weighted by Crippen LogP contribution is 2.39. The molecule has 14 heteroatoms. The van der Waals surface area contributed by atoms with E-state index >= 15 is 0 Å². The first-order valence-electron chi connectivity index (χ1n) is 13.4. The summed E-state index contributed by atoms with van der Waals surface area (Å²) in [5.41, 5.74) is 0.554. The maximum Gasteiger partial charge on any atom is 0.419 e. The molecule has 0 spiro atoms. The molecule has 1 saturated heterocycles. The number of hydrogen-bond acceptors (Lipinski definition) is 9. The maximum absolute atomic E-state index is 14.1. The number of rotatable bonds is 5. The number of anilines is 1. The summed E-state index contributed by atoms with van der Waals surface area (Å²) in [6.45, 7) is 9.47. The highest BCUT2D eigenvalue weighted by Gasteiger charge is 2.38. The lowest BCUT2D eigenvalue weighted by Gasteiger charge is -2.38. The molecule has 4 aromatic heterocycles. The van der Waals surface area contributed by atoms with Crippen LogP contribution in [-0.2, 0) is 15.7 Å². The van der Waals surface area contributed by atoms with Crippen LogP contribution in [0.1, 0.15) is 44.2 Å². The smallest absolute Gasteiger partial charge is 0.419 e. The Morgan fingerprint density at radius 2 is 1.95 bits per heavy atom. The van der Waals surface area contributed by atoms with Crippen molar-refractivity contribution < 1.29 is 32.0 Å². The van der Waals surface area contributed by atoms with E-state index < -0.39 is 29.5 Å². The number of likely N-dealkylation sites (tertiary alicyclic amines) is 1. The monoisotopic (exact) mass is 587 g/mol. The average molecular weight is 588 g/mol. The third-order valence-corrected chi connectivity index (χ3v) is 7.00. The summed E-state index contributed by atoms with van der Waals surface area (Å²) in [5.74, 6) is 0.546. The number of aromatic amines is 1. The molecule has 11 nitrogen and oxygen atoms in total. The molecule has 0 bridgehead atoms. The van der Waals surface area contributed by atoms with Crippen LogP contribution < -0.4 is 5.32 Å². The molecule has 4 aromatic rings. The van der Waals surface area contributed by atoms with E-state index in [1.54, 1.807) is 46.8 Å². The van der Waals surface area contributed by atoms with Crippen molar-refractivity contribution in [2.45, 2.75) is 65.0 Å². The molecule has 5 heterocycles. The van der Waals surface area contributed by atoms with E-state index in [-0.39, 0.29) is 29.9 Å². The normalized spacial score (nSPS) is 18.0. The number of H-pyrrole nitrogens is 1. The number of hydrogen-bond donors (Lipinski definition) is 2. The van der Waals surface area contributed by atoms with Gasteiger partial charge in [-0.15, -0.1) is 0 Å². The van der Waals surface area contributed by atoms with E-state index in [0.29, 0.717) is 41.1 Å². The van der Waals surface area contributed by atoms with Gasteiger partial charge < -0.3 is 29.2 Å². The van der Waals surface area contributed by atoms with Crippen LogP contribution in [0.4, 0.5) is 23.9 Å². The van der Waals surface area contributed by atoms with Gasteiger partial charge in [-0.25, -0.2) is 19.7 Å². The molecule has 0 saturated carbocycles. The van der Waals surface area contributed by atoms with Crippen molar-refractivity contribution in [3.8, 4) is 22.5 Å². The van der Waals surface area contributed by atoms with Gasteiger partial charge in [0.1, 0.15) is 22.6 Å². The van der Waals surface area contributed by atoms with Crippen LogP contribution >= 0.6 is 0 Å². The van der Waals surface area contributed by atoms with E-state index in [9.17, 15) is 18.0 Å². The van der Waals surface area contributed by atoms with Gasteiger partial charge in [0.25, 0.3) is 0 Å². The van der Waals surface area contributed by atoms with E-state index in [1.165, 1.54) is 18.2 Å². The Kier molecular flexibility index (Phi) is 7.60. The van der Waals surface area contributed by atoms with Crippen LogP contribution in [0.15, 0.2) is 29.0 Å². The fraction of sp³-hybridized carbons (Fsp3) is 0.464. The summed E-state index contributed by atoms with van der Waals surface area (Å²) < 4.78 is 58.8. The number of carbonyl (C=O) groups is 1. The summed E-state index contributed by atoms with van der Waals surface area (Å²) >= 11 is 0. The fourth-order valence-electron chi connectivity index (χ4n) is 5.06. The Bertz CT molecular complexity index is 1590. The number of methoxy groups -OCH3 is 1. The topological polar surface area (TPSA) is 131 Å². The van der Waals surface area contributed by atoms with Gasteiger partial charge in [0.05, 0.1) is 34.8 Å². The van der Waals surface area contributed by atoms with Gasteiger partial charge in [-0.1, -0.05) is 5.16 Å². The van der Waals surface area contributed by atoms with Crippen molar-refractivity contribution in [3.05, 3.63) is 41.5 Å². The molecular weight excluding hydrogens is 555 g/mol. The van der Waals surface area contributed by atoms with Crippen LogP contribution in [0.3, 0.4) is 0 Å². The Labute approximate surface area is 239 Å². The zero-order valence-corrected chi connectivity index (χ0v) is 24.1. The molecule has 1 aliphatic rings. The van der Waals surface area contributed by atoms with Crippen LogP contribution in [0.25, 0.3) is 33.5 Å². The van der Waals surface area contributed by atoms with Gasteiger partial charge in [0.2, 0.25) is 5.95 Å². The number of amides is 1.